The Kier molecular flexibility index (Phi) is 4.46. The number of rotatable bonds is 4. The van der Waals surface area contributed by atoms with Crippen molar-refractivity contribution in [2.45, 2.75) is 19.9 Å². The quantitative estimate of drug-likeness (QED) is 0.943. The van der Waals surface area contributed by atoms with Crippen molar-refractivity contribution in [1.29, 1.82) is 0 Å². The molecule has 1 aliphatic rings. The summed E-state index contributed by atoms with van der Waals surface area (Å²) in [6.07, 6.45) is 1.61. The Balaban J connectivity index is 1.83. The maximum Gasteiger partial charge on any atom is 0.270 e. The highest BCUT2D eigenvalue weighted by Gasteiger charge is 2.22. The monoisotopic (exact) mass is 312 g/mol. The number of fused-ring (bicyclic) bond motifs is 1. The molecule has 1 amide bonds. The average molecular weight is 312 g/mol. The molecule has 23 heavy (non-hydrogen) atoms. The molecule has 1 aromatic heterocycles. The van der Waals surface area contributed by atoms with Crippen LogP contribution in [0.25, 0.3) is 0 Å². The van der Waals surface area contributed by atoms with Gasteiger partial charge in [0, 0.05) is 6.20 Å². The first kappa shape index (κ1) is 15.3. The zero-order valence-corrected chi connectivity index (χ0v) is 13.3. The van der Waals surface area contributed by atoms with Gasteiger partial charge in [-0.25, -0.2) is 0 Å². The second-order valence-electron chi connectivity index (χ2n) is 5.81. The zero-order chi connectivity index (χ0) is 16.2. The molecule has 120 valence electrons. The lowest BCUT2D eigenvalue weighted by atomic mass is 9.95. The van der Waals surface area contributed by atoms with E-state index >= 15 is 0 Å². The molecule has 2 heterocycles. The number of carbonyl (C=O) groups excluding carboxylic acids is 1. The Bertz CT molecular complexity index is 686. The summed E-state index contributed by atoms with van der Waals surface area (Å²) in [7, 11) is 0. The molecule has 3 rings (SSSR count). The number of aromatic nitrogens is 1. The molecule has 0 radical (unpaired) electrons. The van der Waals surface area contributed by atoms with Crippen LogP contribution in [0.4, 0.5) is 0 Å². The van der Waals surface area contributed by atoms with Crippen molar-refractivity contribution in [2.24, 2.45) is 5.92 Å². The normalized spacial score (nSPS) is 14.4. The summed E-state index contributed by atoms with van der Waals surface area (Å²) < 4.78 is 11.2. The van der Waals surface area contributed by atoms with Crippen molar-refractivity contribution >= 4 is 5.91 Å². The molecule has 0 fully saturated rings. The predicted molar refractivity (Wildman–Crippen MR) is 86.7 cm³/mol. The van der Waals surface area contributed by atoms with Crippen LogP contribution in [0.3, 0.4) is 0 Å². The lowest BCUT2D eigenvalue weighted by Crippen LogP contribution is -2.32. The van der Waals surface area contributed by atoms with Crippen molar-refractivity contribution in [3.8, 4) is 11.5 Å². The highest BCUT2D eigenvalue weighted by molar-refractivity contribution is 5.92. The summed E-state index contributed by atoms with van der Waals surface area (Å²) in [5, 5.41) is 3.06. The number of pyridine rings is 1. The van der Waals surface area contributed by atoms with E-state index in [0.717, 1.165) is 17.1 Å². The Morgan fingerprint density at radius 3 is 2.61 bits per heavy atom. The van der Waals surface area contributed by atoms with Crippen molar-refractivity contribution in [2.75, 3.05) is 13.2 Å². The van der Waals surface area contributed by atoms with Crippen LogP contribution in [0.2, 0.25) is 0 Å². The molecule has 1 aromatic carbocycles. The average Bonchev–Trinajstić information content (AvgIpc) is 2.59. The van der Waals surface area contributed by atoms with Gasteiger partial charge in [0.15, 0.2) is 11.5 Å². The lowest BCUT2D eigenvalue weighted by molar-refractivity contribution is 0.0920. The lowest BCUT2D eigenvalue weighted by Gasteiger charge is -2.25. The van der Waals surface area contributed by atoms with E-state index < -0.39 is 0 Å². The molecule has 1 atom stereocenters. The second kappa shape index (κ2) is 6.69. The van der Waals surface area contributed by atoms with E-state index in [2.05, 4.69) is 24.1 Å². The van der Waals surface area contributed by atoms with E-state index in [1.165, 1.54) is 0 Å². The first-order chi connectivity index (χ1) is 11.1. The van der Waals surface area contributed by atoms with Crippen molar-refractivity contribution in [3.05, 3.63) is 53.9 Å². The minimum Gasteiger partial charge on any atom is -0.486 e. The molecule has 1 aliphatic heterocycles. The standard InChI is InChI=1S/C18H20N2O3/c1-12(2)17(20-18(21)14-5-3-4-8-19-14)13-6-7-15-16(11-13)23-10-9-22-15/h3-8,11-12,17H,9-10H2,1-2H3,(H,20,21). The molecule has 0 aliphatic carbocycles. The van der Waals surface area contributed by atoms with Crippen LogP contribution in [0, 0.1) is 5.92 Å². The molecule has 0 saturated carbocycles. The summed E-state index contributed by atoms with van der Waals surface area (Å²) in [5.41, 5.74) is 1.41. The summed E-state index contributed by atoms with van der Waals surface area (Å²) in [5.74, 6) is 1.52. The van der Waals surface area contributed by atoms with Crippen molar-refractivity contribution in [3.63, 3.8) is 0 Å². The molecule has 1 N–H and O–H groups in total. The van der Waals surface area contributed by atoms with Gasteiger partial charge in [0.05, 0.1) is 6.04 Å². The van der Waals surface area contributed by atoms with E-state index in [1.54, 1.807) is 24.4 Å². The maximum absolute atomic E-state index is 12.4. The molecule has 0 bridgehead atoms. The third-order valence-electron chi connectivity index (χ3n) is 3.78. The van der Waals surface area contributed by atoms with Gasteiger partial charge in [-0.3, -0.25) is 9.78 Å². The van der Waals surface area contributed by atoms with Gasteiger partial charge in [0.2, 0.25) is 0 Å². The molecule has 5 nitrogen and oxygen atoms in total. The van der Waals surface area contributed by atoms with Crippen molar-refractivity contribution < 1.29 is 14.3 Å². The number of nitrogens with one attached hydrogen (secondary N) is 1. The summed E-state index contributed by atoms with van der Waals surface area (Å²) >= 11 is 0. The first-order valence-corrected chi connectivity index (χ1v) is 7.76. The summed E-state index contributed by atoms with van der Waals surface area (Å²) in [6, 6.07) is 11.0. The van der Waals surface area contributed by atoms with Gasteiger partial charge in [-0.05, 0) is 35.7 Å². The Hall–Kier alpha value is -2.56. The Labute approximate surface area is 135 Å². The van der Waals surface area contributed by atoms with Crippen LogP contribution in [-0.2, 0) is 0 Å². The molecular formula is C18H20N2O3. The number of hydrogen-bond donors (Lipinski definition) is 1. The number of amides is 1. The van der Waals surface area contributed by atoms with E-state index in [0.29, 0.717) is 18.9 Å². The third-order valence-corrected chi connectivity index (χ3v) is 3.78. The van der Waals surface area contributed by atoms with E-state index in [-0.39, 0.29) is 17.9 Å². The fourth-order valence-electron chi connectivity index (χ4n) is 2.60. The Morgan fingerprint density at radius 2 is 1.91 bits per heavy atom. The molecule has 1 unspecified atom stereocenters. The van der Waals surface area contributed by atoms with Gasteiger partial charge in [-0.1, -0.05) is 26.0 Å². The van der Waals surface area contributed by atoms with Crippen LogP contribution in [0.15, 0.2) is 42.6 Å². The fraction of sp³-hybridized carbons (Fsp3) is 0.333. The number of hydrogen-bond acceptors (Lipinski definition) is 4. The summed E-state index contributed by atoms with van der Waals surface area (Å²) in [4.78, 5) is 16.5. The molecule has 0 saturated heterocycles. The van der Waals surface area contributed by atoms with E-state index in [1.807, 2.05) is 18.2 Å². The third kappa shape index (κ3) is 3.44. The molecule has 5 heteroatoms. The van der Waals surface area contributed by atoms with Crippen LogP contribution in [0.1, 0.15) is 35.9 Å². The van der Waals surface area contributed by atoms with Gasteiger partial charge < -0.3 is 14.8 Å². The van der Waals surface area contributed by atoms with Crippen LogP contribution < -0.4 is 14.8 Å². The number of carbonyl (C=O) groups is 1. The predicted octanol–water partition coefficient (Wildman–Crippen LogP) is 2.98. The second-order valence-corrected chi connectivity index (χ2v) is 5.81. The van der Waals surface area contributed by atoms with Gasteiger partial charge in [-0.15, -0.1) is 0 Å². The maximum atomic E-state index is 12.4. The Morgan fingerprint density at radius 1 is 1.13 bits per heavy atom. The van der Waals surface area contributed by atoms with Crippen LogP contribution in [0.5, 0.6) is 11.5 Å². The SMILES string of the molecule is CC(C)C(NC(=O)c1ccccn1)c1ccc2c(c1)OCCO2. The van der Waals surface area contributed by atoms with Crippen molar-refractivity contribution in [1.82, 2.24) is 10.3 Å². The number of nitrogens with zero attached hydrogens (tertiary/aromatic N) is 1. The highest BCUT2D eigenvalue weighted by Crippen LogP contribution is 2.34. The minimum atomic E-state index is -0.181. The first-order valence-electron chi connectivity index (χ1n) is 7.76. The largest absolute Gasteiger partial charge is 0.486 e. The van der Waals surface area contributed by atoms with Gasteiger partial charge in [0.1, 0.15) is 18.9 Å². The topological polar surface area (TPSA) is 60.5 Å². The van der Waals surface area contributed by atoms with Crippen LogP contribution >= 0.6 is 0 Å². The van der Waals surface area contributed by atoms with E-state index in [4.69, 9.17) is 9.47 Å². The molecular weight excluding hydrogens is 292 g/mol. The zero-order valence-electron chi connectivity index (χ0n) is 13.3. The number of benzene rings is 1. The molecule has 0 spiro atoms. The fourth-order valence-corrected chi connectivity index (χ4v) is 2.60. The molecule has 2 aromatic rings. The van der Waals surface area contributed by atoms with E-state index in [9.17, 15) is 4.79 Å². The van der Waals surface area contributed by atoms with Crippen LogP contribution in [-0.4, -0.2) is 24.1 Å². The number of ether oxygens (including phenoxy) is 2. The van der Waals surface area contributed by atoms with Gasteiger partial charge in [-0.2, -0.15) is 0 Å². The minimum absolute atomic E-state index is 0.125. The highest BCUT2D eigenvalue weighted by atomic mass is 16.6. The smallest absolute Gasteiger partial charge is 0.270 e. The van der Waals surface area contributed by atoms with Gasteiger partial charge in [0.25, 0.3) is 5.91 Å². The summed E-state index contributed by atoms with van der Waals surface area (Å²) in [6.45, 7) is 5.25. The van der Waals surface area contributed by atoms with Gasteiger partial charge >= 0.3 is 0 Å².